The number of rotatable bonds is 5. The van der Waals surface area contributed by atoms with Crippen molar-refractivity contribution in [2.75, 3.05) is 11.9 Å². The third kappa shape index (κ3) is 3.81. The highest BCUT2D eigenvalue weighted by Crippen LogP contribution is 2.18. The second-order valence-electron chi connectivity index (χ2n) is 4.64. The number of anilines is 1. The van der Waals surface area contributed by atoms with Crippen molar-refractivity contribution in [3.8, 4) is 6.07 Å². The number of nitriles is 1. The third-order valence-corrected chi connectivity index (χ3v) is 4.04. The van der Waals surface area contributed by atoms with E-state index in [0.717, 1.165) is 5.56 Å². The number of halogens is 1. The summed E-state index contributed by atoms with van der Waals surface area (Å²) >= 11 is 0. The monoisotopic (exact) mass is 319 g/mol. The molecule has 0 aliphatic carbocycles. The summed E-state index contributed by atoms with van der Waals surface area (Å²) < 4.78 is 35.7. The quantitative estimate of drug-likeness (QED) is 0.881. The Balaban J connectivity index is 2.00. The molecule has 0 aromatic heterocycles. The van der Waals surface area contributed by atoms with E-state index in [4.69, 9.17) is 10.4 Å². The Hall–Kier alpha value is -2.43. The zero-order valence-corrected chi connectivity index (χ0v) is 12.4. The molecule has 7 heteroatoms. The predicted molar refractivity (Wildman–Crippen MR) is 81.1 cm³/mol. The number of sulfonamides is 1. The first-order chi connectivity index (χ1) is 10.4. The maximum absolute atomic E-state index is 13.4. The molecule has 0 aliphatic heterocycles. The van der Waals surface area contributed by atoms with Gasteiger partial charge in [-0.15, -0.1) is 0 Å². The lowest BCUT2D eigenvalue weighted by atomic mass is 10.1. The van der Waals surface area contributed by atoms with E-state index in [1.165, 1.54) is 24.3 Å². The lowest BCUT2D eigenvalue weighted by Crippen LogP contribution is -2.12. The van der Waals surface area contributed by atoms with Gasteiger partial charge in [0.05, 0.1) is 10.6 Å². The first-order valence-corrected chi connectivity index (χ1v) is 8.00. The molecule has 22 heavy (non-hydrogen) atoms. The van der Waals surface area contributed by atoms with Crippen molar-refractivity contribution < 1.29 is 12.8 Å². The van der Waals surface area contributed by atoms with Crippen LogP contribution in [0.3, 0.4) is 0 Å². The van der Waals surface area contributed by atoms with Crippen LogP contribution in [0.1, 0.15) is 11.1 Å². The number of hydrogen-bond acceptors (Lipinski definition) is 4. The summed E-state index contributed by atoms with van der Waals surface area (Å²) in [6, 6.07) is 12.4. The van der Waals surface area contributed by atoms with Crippen molar-refractivity contribution in [3.05, 3.63) is 59.4 Å². The van der Waals surface area contributed by atoms with Gasteiger partial charge in [-0.2, -0.15) is 5.26 Å². The Labute approximate surface area is 128 Å². The normalized spacial score (nSPS) is 11.0. The highest BCUT2D eigenvalue weighted by molar-refractivity contribution is 7.89. The molecule has 2 aromatic carbocycles. The van der Waals surface area contributed by atoms with Crippen molar-refractivity contribution in [3.63, 3.8) is 0 Å². The van der Waals surface area contributed by atoms with Crippen LogP contribution in [0.2, 0.25) is 0 Å². The van der Waals surface area contributed by atoms with Crippen LogP contribution in [-0.4, -0.2) is 15.0 Å². The standard InChI is InChI=1S/C15H14FN3O2S/c16-14-2-1-3-15(13(14)10-17)19-9-8-11-4-6-12(7-5-11)22(18,20)21/h1-7,19H,8-9H2,(H2,18,20,21). The van der Waals surface area contributed by atoms with E-state index >= 15 is 0 Å². The van der Waals surface area contributed by atoms with E-state index in [-0.39, 0.29) is 10.5 Å². The zero-order valence-electron chi connectivity index (χ0n) is 11.6. The Morgan fingerprint density at radius 2 is 1.86 bits per heavy atom. The van der Waals surface area contributed by atoms with Crippen molar-refractivity contribution in [1.82, 2.24) is 0 Å². The van der Waals surface area contributed by atoms with Gasteiger partial charge in [-0.05, 0) is 36.2 Å². The molecular weight excluding hydrogens is 305 g/mol. The summed E-state index contributed by atoms with van der Waals surface area (Å²) in [5, 5.41) is 16.9. The Morgan fingerprint density at radius 1 is 1.18 bits per heavy atom. The average molecular weight is 319 g/mol. The largest absolute Gasteiger partial charge is 0.384 e. The molecule has 0 fully saturated rings. The third-order valence-electron chi connectivity index (χ3n) is 3.11. The van der Waals surface area contributed by atoms with Crippen LogP contribution in [0.4, 0.5) is 10.1 Å². The van der Waals surface area contributed by atoms with Gasteiger partial charge in [0.2, 0.25) is 10.0 Å². The summed E-state index contributed by atoms with van der Waals surface area (Å²) in [6.45, 7) is 0.479. The molecule has 3 N–H and O–H groups in total. The number of nitrogens with zero attached hydrogens (tertiary/aromatic N) is 1. The molecular formula is C15H14FN3O2S. The molecule has 2 aromatic rings. The SMILES string of the molecule is N#Cc1c(F)cccc1NCCc1ccc(S(N)(=O)=O)cc1. The average Bonchev–Trinajstić information content (AvgIpc) is 2.47. The fourth-order valence-corrected chi connectivity index (χ4v) is 2.49. The van der Waals surface area contributed by atoms with Gasteiger partial charge in [-0.3, -0.25) is 0 Å². The summed E-state index contributed by atoms with van der Waals surface area (Å²) in [7, 11) is -3.69. The molecule has 0 saturated heterocycles. The van der Waals surface area contributed by atoms with Gasteiger partial charge in [0.1, 0.15) is 17.4 Å². The molecule has 2 rings (SSSR count). The maximum Gasteiger partial charge on any atom is 0.238 e. The van der Waals surface area contributed by atoms with Gasteiger partial charge >= 0.3 is 0 Å². The van der Waals surface area contributed by atoms with Crippen LogP contribution >= 0.6 is 0 Å². The van der Waals surface area contributed by atoms with Crippen LogP contribution in [-0.2, 0) is 16.4 Å². The molecule has 0 radical (unpaired) electrons. The van der Waals surface area contributed by atoms with E-state index in [9.17, 15) is 12.8 Å². The Kier molecular flexibility index (Phi) is 4.75. The van der Waals surface area contributed by atoms with E-state index in [0.29, 0.717) is 18.7 Å². The molecule has 0 heterocycles. The molecule has 0 bridgehead atoms. The molecule has 0 amide bonds. The number of hydrogen-bond donors (Lipinski definition) is 2. The molecule has 0 spiro atoms. The first kappa shape index (κ1) is 15.9. The number of primary sulfonamides is 1. The minimum absolute atomic E-state index is 0.0212. The fraction of sp³-hybridized carbons (Fsp3) is 0.133. The van der Waals surface area contributed by atoms with Crippen LogP contribution in [0, 0.1) is 17.1 Å². The van der Waals surface area contributed by atoms with Gasteiger partial charge in [-0.1, -0.05) is 18.2 Å². The van der Waals surface area contributed by atoms with Gasteiger partial charge in [0.25, 0.3) is 0 Å². The van der Waals surface area contributed by atoms with Crippen LogP contribution < -0.4 is 10.5 Å². The molecule has 0 saturated carbocycles. The smallest absolute Gasteiger partial charge is 0.238 e. The number of benzene rings is 2. The predicted octanol–water partition coefficient (Wildman–Crippen LogP) is 2.00. The Bertz CT molecular complexity index is 812. The molecule has 5 nitrogen and oxygen atoms in total. The van der Waals surface area contributed by atoms with Gasteiger partial charge in [0, 0.05) is 6.54 Å². The highest BCUT2D eigenvalue weighted by Gasteiger charge is 2.08. The fourth-order valence-electron chi connectivity index (χ4n) is 1.97. The minimum atomic E-state index is -3.69. The van der Waals surface area contributed by atoms with Crippen molar-refractivity contribution in [2.45, 2.75) is 11.3 Å². The van der Waals surface area contributed by atoms with Crippen LogP contribution in [0.25, 0.3) is 0 Å². The van der Waals surface area contributed by atoms with Crippen molar-refractivity contribution in [1.29, 1.82) is 5.26 Å². The molecule has 0 aliphatic rings. The van der Waals surface area contributed by atoms with Gasteiger partial charge < -0.3 is 5.32 Å². The van der Waals surface area contributed by atoms with E-state index in [1.807, 2.05) is 6.07 Å². The second kappa shape index (κ2) is 6.56. The van der Waals surface area contributed by atoms with Crippen molar-refractivity contribution in [2.24, 2.45) is 5.14 Å². The summed E-state index contributed by atoms with van der Waals surface area (Å²) in [6.07, 6.45) is 0.590. The van der Waals surface area contributed by atoms with E-state index in [1.54, 1.807) is 18.2 Å². The summed E-state index contributed by atoms with van der Waals surface area (Å²) in [5.41, 5.74) is 1.31. The lowest BCUT2D eigenvalue weighted by Gasteiger charge is -2.09. The Morgan fingerprint density at radius 3 is 2.45 bits per heavy atom. The maximum atomic E-state index is 13.4. The summed E-state index contributed by atoms with van der Waals surface area (Å²) in [4.78, 5) is 0.0566. The zero-order chi connectivity index (χ0) is 16.2. The van der Waals surface area contributed by atoms with Crippen LogP contribution in [0.5, 0.6) is 0 Å². The second-order valence-corrected chi connectivity index (χ2v) is 6.20. The molecule has 114 valence electrons. The lowest BCUT2D eigenvalue weighted by molar-refractivity contribution is 0.597. The highest BCUT2D eigenvalue weighted by atomic mass is 32.2. The summed E-state index contributed by atoms with van der Waals surface area (Å²) in [5.74, 6) is -0.565. The van der Waals surface area contributed by atoms with Crippen molar-refractivity contribution >= 4 is 15.7 Å². The topological polar surface area (TPSA) is 96.0 Å². The minimum Gasteiger partial charge on any atom is -0.384 e. The van der Waals surface area contributed by atoms with E-state index in [2.05, 4.69) is 5.32 Å². The first-order valence-electron chi connectivity index (χ1n) is 6.46. The number of nitrogens with two attached hydrogens (primary N) is 1. The molecule has 0 unspecified atom stereocenters. The number of nitrogens with one attached hydrogen (secondary N) is 1. The van der Waals surface area contributed by atoms with E-state index < -0.39 is 15.8 Å². The van der Waals surface area contributed by atoms with Gasteiger partial charge in [0.15, 0.2) is 0 Å². The van der Waals surface area contributed by atoms with Crippen LogP contribution in [0.15, 0.2) is 47.4 Å². The van der Waals surface area contributed by atoms with Gasteiger partial charge in [-0.25, -0.2) is 17.9 Å². The molecule has 0 atom stereocenters.